The molecule has 1 saturated carbocycles. The summed E-state index contributed by atoms with van der Waals surface area (Å²) in [6, 6.07) is 0. The van der Waals surface area contributed by atoms with Crippen molar-refractivity contribution in [2.75, 3.05) is 0 Å². The molecule has 0 aromatic carbocycles. The molecule has 2 bridgehead atoms. The third-order valence-electron chi connectivity index (χ3n) is 4.11. The summed E-state index contributed by atoms with van der Waals surface area (Å²) in [6.07, 6.45) is 7.17. The summed E-state index contributed by atoms with van der Waals surface area (Å²) < 4.78 is 0. The third kappa shape index (κ3) is 1.89. The van der Waals surface area contributed by atoms with Crippen LogP contribution >= 0.6 is 0 Å². The minimum Gasteiger partial charge on any atom is -0.287 e. The molecule has 3 aliphatic rings. The molecule has 0 spiro atoms. The van der Waals surface area contributed by atoms with Crippen LogP contribution in [-0.2, 0) is 0 Å². The first-order valence-corrected chi connectivity index (χ1v) is 6.06. The van der Waals surface area contributed by atoms with Crippen LogP contribution in [0.5, 0.6) is 0 Å². The monoisotopic (exact) mass is 205 g/mol. The average molecular weight is 205 g/mol. The summed E-state index contributed by atoms with van der Waals surface area (Å²) in [7, 11) is 0. The lowest BCUT2D eigenvalue weighted by Gasteiger charge is -2.55. The van der Waals surface area contributed by atoms with Crippen molar-refractivity contribution < 1.29 is 0 Å². The van der Waals surface area contributed by atoms with Crippen LogP contribution in [0.1, 0.15) is 47.5 Å². The molecule has 0 aliphatic heterocycles. The number of fused-ring (bicyclic) bond motifs is 1. The standard InChI is InChI=1S/C14H23N/c1-13(2,3)15-9-10-6-7-11-8-12(10)14(11,4)5/h6,9,11-12H,7-8H2,1-5H3/t11-,12+/m1/s1. The van der Waals surface area contributed by atoms with Crippen molar-refractivity contribution in [3.63, 3.8) is 0 Å². The van der Waals surface area contributed by atoms with E-state index in [1.54, 1.807) is 0 Å². The molecule has 0 heterocycles. The molecule has 84 valence electrons. The molecule has 0 aromatic heterocycles. The summed E-state index contributed by atoms with van der Waals surface area (Å²) in [5.74, 6) is 1.69. The van der Waals surface area contributed by atoms with Gasteiger partial charge in [0.15, 0.2) is 0 Å². The van der Waals surface area contributed by atoms with Gasteiger partial charge < -0.3 is 0 Å². The fraction of sp³-hybridized carbons (Fsp3) is 0.786. The highest BCUT2D eigenvalue weighted by atomic mass is 14.8. The van der Waals surface area contributed by atoms with Gasteiger partial charge in [0, 0.05) is 6.21 Å². The summed E-state index contributed by atoms with van der Waals surface area (Å²) in [6.45, 7) is 11.3. The number of nitrogens with zero attached hydrogens (tertiary/aromatic N) is 1. The normalized spacial score (nSPS) is 33.8. The van der Waals surface area contributed by atoms with Crippen LogP contribution in [0.2, 0.25) is 0 Å². The van der Waals surface area contributed by atoms with Crippen LogP contribution < -0.4 is 0 Å². The van der Waals surface area contributed by atoms with Crippen molar-refractivity contribution in [1.82, 2.24) is 0 Å². The molecule has 15 heavy (non-hydrogen) atoms. The Morgan fingerprint density at radius 1 is 1.40 bits per heavy atom. The van der Waals surface area contributed by atoms with E-state index in [1.165, 1.54) is 18.4 Å². The van der Waals surface area contributed by atoms with Gasteiger partial charge in [-0.1, -0.05) is 19.9 Å². The van der Waals surface area contributed by atoms with Crippen LogP contribution in [-0.4, -0.2) is 11.8 Å². The van der Waals surface area contributed by atoms with E-state index in [2.05, 4.69) is 51.9 Å². The van der Waals surface area contributed by atoms with Gasteiger partial charge >= 0.3 is 0 Å². The third-order valence-corrected chi connectivity index (χ3v) is 4.11. The van der Waals surface area contributed by atoms with Gasteiger partial charge in [0.25, 0.3) is 0 Å². The molecule has 0 aromatic rings. The fourth-order valence-corrected chi connectivity index (χ4v) is 2.81. The molecule has 0 radical (unpaired) electrons. The average Bonchev–Trinajstić information content (AvgIpc) is 2.13. The van der Waals surface area contributed by atoms with Gasteiger partial charge in [-0.2, -0.15) is 0 Å². The maximum Gasteiger partial charge on any atom is 0.0524 e. The number of allylic oxidation sites excluding steroid dienone is 2. The maximum absolute atomic E-state index is 4.63. The van der Waals surface area contributed by atoms with Gasteiger partial charge in [0.05, 0.1) is 5.54 Å². The minimum absolute atomic E-state index is 0.0611. The lowest BCUT2D eigenvalue weighted by Crippen LogP contribution is -2.48. The predicted molar refractivity (Wildman–Crippen MR) is 66.3 cm³/mol. The largest absolute Gasteiger partial charge is 0.287 e. The molecule has 0 unspecified atom stereocenters. The maximum atomic E-state index is 4.63. The Kier molecular flexibility index (Phi) is 2.33. The molecule has 1 fully saturated rings. The van der Waals surface area contributed by atoms with Crippen molar-refractivity contribution in [2.45, 2.75) is 53.0 Å². The van der Waals surface area contributed by atoms with Crippen molar-refractivity contribution >= 4 is 6.21 Å². The Labute approximate surface area is 93.7 Å². The zero-order valence-electron chi connectivity index (χ0n) is 10.7. The highest BCUT2D eigenvalue weighted by Gasteiger charge is 2.50. The molecular formula is C14H23N. The van der Waals surface area contributed by atoms with E-state index >= 15 is 0 Å². The zero-order valence-corrected chi connectivity index (χ0v) is 10.7. The van der Waals surface area contributed by atoms with Gasteiger partial charge in [-0.15, -0.1) is 0 Å². The summed E-state index contributed by atoms with van der Waals surface area (Å²) >= 11 is 0. The highest BCUT2D eigenvalue weighted by Crippen LogP contribution is 2.58. The second kappa shape index (κ2) is 3.20. The van der Waals surface area contributed by atoms with Gasteiger partial charge in [0.2, 0.25) is 0 Å². The Morgan fingerprint density at radius 2 is 2.07 bits per heavy atom. The van der Waals surface area contributed by atoms with Crippen molar-refractivity contribution in [2.24, 2.45) is 22.2 Å². The first-order chi connectivity index (χ1) is 6.81. The molecule has 3 aliphatic carbocycles. The van der Waals surface area contributed by atoms with Crippen molar-refractivity contribution in [3.8, 4) is 0 Å². The van der Waals surface area contributed by atoms with E-state index in [1.807, 2.05) is 0 Å². The van der Waals surface area contributed by atoms with Gasteiger partial charge in [-0.25, -0.2) is 0 Å². The van der Waals surface area contributed by atoms with E-state index in [0.717, 1.165) is 11.8 Å². The molecule has 0 amide bonds. The first kappa shape index (κ1) is 10.9. The number of hydrogen-bond acceptors (Lipinski definition) is 1. The van der Waals surface area contributed by atoms with Crippen LogP contribution in [0.15, 0.2) is 16.6 Å². The van der Waals surface area contributed by atoms with E-state index in [-0.39, 0.29) is 5.54 Å². The molecule has 2 atom stereocenters. The smallest absolute Gasteiger partial charge is 0.0524 e. The fourth-order valence-electron chi connectivity index (χ4n) is 2.81. The van der Waals surface area contributed by atoms with Gasteiger partial charge in [0.1, 0.15) is 0 Å². The minimum atomic E-state index is 0.0611. The van der Waals surface area contributed by atoms with Crippen molar-refractivity contribution in [1.29, 1.82) is 0 Å². The predicted octanol–water partition coefficient (Wildman–Crippen LogP) is 3.85. The SMILES string of the molecule is CC(C)(C)N=CC1=CC[C@@H]2C[C@@H]1C2(C)C. The Morgan fingerprint density at radius 3 is 2.53 bits per heavy atom. The zero-order chi connectivity index (χ0) is 11.3. The molecule has 0 saturated heterocycles. The molecule has 1 heteroatoms. The Bertz CT molecular complexity index is 315. The van der Waals surface area contributed by atoms with Gasteiger partial charge in [-0.05, 0) is 56.4 Å². The summed E-state index contributed by atoms with van der Waals surface area (Å²) in [4.78, 5) is 4.63. The first-order valence-electron chi connectivity index (χ1n) is 6.06. The van der Waals surface area contributed by atoms with Crippen LogP contribution in [0.25, 0.3) is 0 Å². The van der Waals surface area contributed by atoms with Crippen molar-refractivity contribution in [3.05, 3.63) is 11.6 Å². The second-order valence-corrected chi connectivity index (χ2v) is 6.68. The number of aliphatic imine (C=N–C) groups is 1. The van der Waals surface area contributed by atoms with Crippen LogP contribution in [0.3, 0.4) is 0 Å². The molecule has 0 N–H and O–H groups in total. The van der Waals surface area contributed by atoms with E-state index in [4.69, 9.17) is 0 Å². The highest BCUT2D eigenvalue weighted by molar-refractivity contribution is 5.80. The second-order valence-electron chi connectivity index (χ2n) is 6.68. The lowest BCUT2D eigenvalue weighted by molar-refractivity contribution is -0.00128. The Hall–Kier alpha value is -0.590. The van der Waals surface area contributed by atoms with Crippen LogP contribution in [0, 0.1) is 17.3 Å². The number of rotatable bonds is 1. The number of hydrogen-bond donors (Lipinski definition) is 0. The van der Waals surface area contributed by atoms with Gasteiger partial charge in [-0.3, -0.25) is 4.99 Å². The topological polar surface area (TPSA) is 12.4 Å². The lowest BCUT2D eigenvalue weighted by atomic mass is 9.49. The molecular weight excluding hydrogens is 182 g/mol. The van der Waals surface area contributed by atoms with E-state index in [9.17, 15) is 0 Å². The summed E-state index contributed by atoms with van der Waals surface area (Å²) in [5, 5.41) is 0. The molecule has 3 rings (SSSR count). The Balaban J connectivity index is 2.12. The quantitative estimate of drug-likeness (QED) is 0.577. The van der Waals surface area contributed by atoms with E-state index < -0.39 is 0 Å². The van der Waals surface area contributed by atoms with Crippen LogP contribution in [0.4, 0.5) is 0 Å². The molecule has 1 nitrogen and oxygen atoms in total. The van der Waals surface area contributed by atoms with E-state index in [0.29, 0.717) is 5.41 Å². The summed E-state index contributed by atoms with van der Waals surface area (Å²) in [5.41, 5.74) is 2.07.